The average molecular weight is 337 g/mol. The van der Waals surface area contributed by atoms with Crippen molar-refractivity contribution in [1.29, 1.82) is 0 Å². The zero-order chi connectivity index (χ0) is 17.5. The molecule has 2 unspecified atom stereocenters. The van der Waals surface area contributed by atoms with Gasteiger partial charge in [-0.3, -0.25) is 4.79 Å². The summed E-state index contributed by atoms with van der Waals surface area (Å²) >= 11 is 0. The quantitative estimate of drug-likeness (QED) is 0.843. The van der Waals surface area contributed by atoms with Crippen LogP contribution in [0.25, 0.3) is 0 Å². The maximum absolute atomic E-state index is 12.4. The Morgan fingerprint density at radius 1 is 1.00 bits per heavy atom. The SMILES string of the molecule is CC1CCCCC1NC(=O)COC(c1ccccc1)c1ccccc1. The first-order valence-electron chi connectivity index (χ1n) is 9.25. The number of carbonyl (C=O) groups excluding carboxylic acids is 1. The van der Waals surface area contributed by atoms with E-state index in [2.05, 4.69) is 12.2 Å². The molecule has 1 aliphatic rings. The van der Waals surface area contributed by atoms with Crippen LogP contribution in [0.15, 0.2) is 60.7 Å². The number of rotatable bonds is 6. The van der Waals surface area contributed by atoms with Gasteiger partial charge in [0.25, 0.3) is 0 Å². The highest BCUT2D eigenvalue weighted by Crippen LogP contribution is 2.26. The molecule has 1 saturated carbocycles. The minimum absolute atomic E-state index is 0.0180. The third kappa shape index (κ3) is 4.93. The second-order valence-corrected chi connectivity index (χ2v) is 6.95. The predicted octanol–water partition coefficient (Wildman–Crippen LogP) is 4.49. The van der Waals surface area contributed by atoms with E-state index < -0.39 is 0 Å². The van der Waals surface area contributed by atoms with E-state index in [0.717, 1.165) is 17.5 Å². The van der Waals surface area contributed by atoms with Crippen LogP contribution in [0.1, 0.15) is 49.8 Å². The molecule has 1 fully saturated rings. The Hall–Kier alpha value is -2.13. The fourth-order valence-corrected chi connectivity index (χ4v) is 3.58. The van der Waals surface area contributed by atoms with E-state index in [9.17, 15) is 4.79 Å². The molecule has 0 spiro atoms. The fraction of sp³-hybridized carbons (Fsp3) is 0.409. The minimum Gasteiger partial charge on any atom is -0.359 e. The summed E-state index contributed by atoms with van der Waals surface area (Å²) in [6.45, 7) is 2.30. The van der Waals surface area contributed by atoms with Crippen LogP contribution in [-0.4, -0.2) is 18.6 Å². The highest BCUT2D eigenvalue weighted by atomic mass is 16.5. The Morgan fingerprint density at radius 3 is 2.12 bits per heavy atom. The maximum Gasteiger partial charge on any atom is 0.246 e. The molecule has 0 radical (unpaired) electrons. The molecule has 1 N–H and O–H groups in total. The summed E-state index contributed by atoms with van der Waals surface area (Å²) < 4.78 is 6.04. The second-order valence-electron chi connectivity index (χ2n) is 6.95. The van der Waals surface area contributed by atoms with Crippen LogP contribution in [-0.2, 0) is 9.53 Å². The molecule has 3 heteroatoms. The summed E-state index contributed by atoms with van der Waals surface area (Å²) in [7, 11) is 0. The van der Waals surface area contributed by atoms with Crippen molar-refractivity contribution < 1.29 is 9.53 Å². The molecular formula is C22H27NO2. The van der Waals surface area contributed by atoms with Crippen molar-refractivity contribution in [2.24, 2.45) is 5.92 Å². The van der Waals surface area contributed by atoms with E-state index in [1.807, 2.05) is 60.7 Å². The van der Waals surface area contributed by atoms with Crippen molar-refractivity contribution >= 4 is 5.91 Å². The van der Waals surface area contributed by atoms with Gasteiger partial charge in [-0.05, 0) is 29.9 Å². The van der Waals surface area contributed by atoms with Crippen LogP contribution in [0.3, 0.4) is 0 Å². The van der Waals surface area contributed by atoms with Crippen molar-refractivity contribution in [3.8, 4) is 0 Å². The normalized spacial score (nSPS) is 20.4. The Bertz CT molecular complexity index is 617. The first kappa shape index (κ1) is 17.7. The topological polar surface area (TPSA) is 38.3 Å². The summed E-state index contributed by atoms with van der Waals surface area (Å²) in [6.07, 6.45) is 4.52. The van der Waals surface area contributed by atoms with Gasteiger partial charge >= 0.3 is 0 Å². The van der Waals surface area contributed by atoms with E-state index in [4.69, 9.17) is 4.74 Å². The van der Waals surface area contributed by atoms with Gasteiger partial charge in [0.15, 0.2) is 0 Å². The molecule has 1 amide bonds. The molecule has 2 aromatic carbocycles. The number of hydrogen-bond acceptors (Lipinski definition) is 2. The summed E-state index contributed by atoms with van der Waals surface area (Å²) in [6, 6.07) is 20.4. The molecule has 0 heterocycles. The molecule has 2 atom stereocenters. The second kappa shape index (κ2) is 8.82. The zero-order valence-corrected chi connectivity index (χ0v) is 14.9. The Morgan fingerprint density at radius 2 is 1.56 bits per heavy atom. The van der Waals surface area contributed by atoms with Crippen LogP contribution in [0.4, 0.5) is 0 Å². The summed E-state index contributed by atoms with van der Waals surface area (Å²) in [5.41, 5.74) is 2.13. The molecule has 0 aromatic heterocycles. The first-order valence-corrected chi connectivity index (χ1v) is 9.25. The highest BCUT2D eigenvalue weighted by Gasteiger charge is 2.23. The monoisotopic (exact) mass is 337 g/mol. The molecule has 3 nitrogen and oxygen atoms in total. The van der Waals surface area contributed by atoms with Gasteiger partial charge in [0.2, 0.25) is 5.91 Å². The van der Waals surface area contributed by atoms with Crippen LogP contribution in [0.2, 0.25) is 0 Å². The molecule has 1 aliphatic carbocycles. The fourth-order valence-electron chi connectivity index (χ4n) is 3.58. The van der Waals surface area contributed by atoms with E-state index in [0.29, 0.717) is 5.92 Å². The third-order valence-electron chi connectivity index (χ3n) is 5.04. The lowest BCUT2D eigenvalue weighted by Crippen LogP contribution is -2.42. The smallest absolute Gasteiger partial charge is 0.246 e. The Kier molecular flexibility index (Phi) is 6.24. The van der Waals surface area contributed by atoms with Gasteiger partial charge < -0.3 is 10.1 Å². The summed E-state index contributed by atoms with van der Waals surface area (Å²) in [4.78, 5) is 12.4. The van der Waals surface area contributed by atoms with Gasteiger partial charge in [-0.2, -0.15) is 0 Å². The molecule has 25 heavy (non-hydrogen) atoms. The van der Waals surface area contributed by atoms with Crippen molar-refractivity contribution in [2.75, 3.05) is 6.61 Å². The van der Waals surface area contributed by atoms with Gasteiger partial charge in [-0.1, -0.05) is 80.4 Å². The standard InChI is InChI=1S/C22H27NO2/c1-17-10-8-9-15-20(17)23-21(24)16-25-22(18-11-4-2-5-12-18)19-13-6-3-7-14-19/h2-7,11-14,17,20,22H,8-10,15-16H2,1H3,(H,23,24). The Labute approximate surface area is 150 Å². The average Bonchev–Trinajstić information content (AvgIpc) is 2.66. The van der Waals surface area contributed by atoms with Crippen molar-refractivity contribution in [3.05, 3.63) is 71.8 Å². The first-order chi connectivity index (χ1) is 12.2. The third-order valence-corrected chi connectivity index (χ3v) is 5.04. The maximum atomic E-state index is 12.4. The molecule has 3 rings (SSSR count). The number of nitrogens with one attached hydrogen (secondary N) is 1. The molecular weight excluding hydrogens is 310 g/mol. The largest absolute Gasteiger partial charge is 0.359 e. The number of amides is 1. The van der Waals surface area contributed by atoms with Crippen molar-refractivity contribution in [3.63, 3.8) is 0 Å². The van der Waals surface area contributed by atoms with Gasteiger partial charge in [0, 0.05) is 6.04 Å². The lowest BCUT2D eigenvalue weighted by Gasteiger charge is -2.29. The lowest BCUT2D eigenvalue weighted by atomic mass is 9.86. The molecule has 2 aromatic rings. The molecule has 0 aliphatic heterocycles. The molecule has 132 valence electrons. The number of carbonyl (C=O) groups is 1. The van der Waals surface area contributed by atoms with Crippen LogP contribution >= 0.6 is 0 Å². The predicted molar refractivity (Wildman–Crippen MR) is 100 cm³/mol. The van der Waals surface area contributed by atoms with Crippen LogP contribution in [0, 0.1) is 5.92 Å². The van der Waals surface area contributed by atoms with Gasteiger partial charge in [0.05, 0.1) is 0 Å². The molecule has 0 saturated heterocycles. The van der Waals surface area contributed by atoms with Gasteiger partial charge in [-0.25, -0.2) is 0 Å². The van der Waals surface area contributed by atoms with Gasteiger partial charge in [-0.15, -0.1) is 0 Å². The van der Waals surface area contributed by atoms with E-state index in [1.165, 1.54) is 19.3 Å². The zero-order valence-electron chi connectivity index (χ0n) is 14.9. The summed E-state index contributed by atoms with van der Waals surface area (Å²) in [5.74, 6) is 0.535. The van der Waals surface area contributed by atoms with E-state index in [1.54, 1.807) is 0 Å². The van der Waals surface area contributed by atoms with E-state index >= 15 is 0 Å². The summed E-state index contributed by atoms with van der Waals surface area (Å²) in [5, 5.41) is 3.16. The minimum atomic E-state index is -0.225. The molecule has 0 bridgehead atoms. The van der Waals surface area contributed by atoms with Crippen molar-refractivity contribution in [2.45, 2.75) is 44.8 Å². The Balaban J connectivity index is 1.64. The number of hydrogen-bond donors (Lipinski definition) is 1. The lowest BCUT2D eigenvalue weighted by molar-refractivity contribution is -0.128. The van der Waals surface area contributed by atoms with E-state index in [-0.39, 0.29) is 24.7 Å². The van der Waals surface area contributed by atoms with Crippen LogP contribution < -0.4 is 5.32 Å². The van der Waals surface area contributed by atoms with Gasteiger partial charge in [0.1, 0.15) is 12.7 Å². The van der Waals surface area contributed by atoms with Crippen molar-refractivity contribution in [1.82, 2.24) is 5.32 Å². The number of benzene rings is 2. The number of ether oxygens (including phenoxy) is 1. The highest BCUT2D eigenvalue weighted by molar-refractivity contribution is 5.77. The van der Waals surface area contributed by atoms with Crippen LogP contribution in [0.5, 0.6) is 0 Å².